The van der Waals surface area contributed by atoms with Crippen molar-refractivity contribution < 1.29 is 19.1 Å². The summed E-state index contributed by atoms with van der Waals surface area (Å²) >= 11 is 0. The number of ether oxygens (including phenoxy) is 1. The van der Waals surface area contributed by atoms with Crippen molar-refractivity contribution >= 4 is 17.6 Å². The maximum Gasteiger partial charge on any atom is 0.225 e. The lowest BCUT2D eigenvalue weighted by molar-refractivity contribution is -0.129. The molecule has 1 heterocycles. The minimum Gasteiger partial charge on any atom is -0.497 e. The van der Waals surface area contributed by atoms with Crippen LogP contribution in [0.15, 0.2) is 24.3 Å². The quantitative estimate of drug-likeness (QED) is 0.658. The van der Waals surface area contributed by atoms with Crippen molar-refractivity contribution in [2.45, 2.75) is 12.8 Å². The van der Waals surface area contributed by atoms with Gasteiger partial charge in [0.2, 0.25) is 11.8 Å². The summed E-state index contributed by atoms with van der Waals surface area (Å²) in [6.07, 6.45) is 1.09. The predicted molar refractivity (Wildman–Crippen MR) is 98.2 cm³/mol. The van der Waals surface area contributed by atoms with Crippen LogP contribution < -0.4 is 10.1 Å². The van der Waals surface area contributed by atoms with Crippen LogP contribution in [0.5, 0.6) is 5.75 Å². The van der Waals surface area contributed by atoms with E-state index in [2.05, 4.69) is 10.2 Å². The third kappa shape index (κ3) is 5.56. The van der Waals surface area contributed by atoms with Gasteiger partial charge in [0, 0.05) is 25.1 Å². The predicted octanol–water partition coefficient (Wildman–Crippen LogP) is 0.794. The Hall–Kier alpha value is -2.41. The number of nitrogens with zero attached hydrogens (tertiary/aromatic N) is 2. The van der Waals surface area contributed by atoms with Crippen LogP contribution in [-0.4, -0.2) is 74.8 Å². The van der Waals surface area contributed by atoms with Crippen LogP contribution in [0.25, 0.3) is 0 Å². The number of likely N-dealkylation sites (tertiary alicyclic amines) is 1. The van der Waals surface area contributed by atoms with Crippen LogP contribution in [0.2, 0.25) is 0 Å². The Bertz CT molecular complexity index is 643. The number of amides is 2. The highest BCUT2D eigenvalue weighted by Gasteiger charge is 2.33. The first-order chi connectivity index (χ1) is 12.4. The summed E-state index contributed by atoms with van der Waals surface area (Å²) in [4.78, 5) is 40.3. The maximum atomic E-state index is 12.3. The molecule has 1 aliphatic heterocycles. The van der Waals surface area contributed by atoms with Crippen molar-refractivity contribution in [2.24, 2.45) is 5.92 Å². The number of carbonyl (C=O) groups excluding carboxylic acids is 3. The van der Waals surface area contributed by atoms with Crippen molar-refractivity contribution in [3.05, 3.63) is 29.8 Å². The van der Waals surface area contributed by atoms with Crippen LogP contribution in [0.1, 0.15) is 23.2 Å². The zero-order chi connectivity index (χ0) is 19.1. The van der Waals surface area contributed by atoms with Gasteiger partial charge in [-0.25, -0.2) is 0 Å². The molecule has 0 aromatic heterocycles. The Kier molecular flexibility index (Phi) is 7.15. The van der Waals surface area contributed by atoms with E-state index < -0.39 is 0 Å². The van der Waals surface area contributed by atoms with Crippen molar-refractivity contribution in [3.8, 4) is 5.75 Å². The molecule has 0 saturated carbocycles. The smallest absolute Gasteiger partial charge is 0.225 e. The van der Waals surface area contributed by atoms with E-state index in [9.17, 15) is 14.4 Å². The lowest BCUT2D eigenvalue weighted by atomic mass is 10.1. The van der Waals surface area contributed by atoms with Crippen LogP contribution in [0.3, 0.4) is 0 Å². The molecular weight excluding hydrogens is 334 g/mol. The van der Waals surface area contributed by atoms with Gasteiger partial charge in [0.05, 0.1) is 19.6 Å². The van der Waals surface area contributed by atoms with Crippen LogP contribution in [-0.2, 0) is 9.59 Å². The number of carbonyl (C=O) groups is 3. The third-order valence-electron chi connectivity index (χ3n) is 4.45. The van der Waals surface area contributed by atoms with Crippen molar-refractivity contribution in [3.63, 3.8) is 0 Å². The van der Waals surface area contributed by atoms with E-state index in [1.54, 1.807) is 36.3 Å². The fourth-order valence-electron chi connectivity index (χ4n) is 2.93. The second-order valence-corrected chi connectivity index (χ2v) is 6.77. The molecule has 1 aliphatic rings. The lowest BCUT2D eigenvalue weighted by Gasteiger charge is -2.18. The van der Waals surface area contributed by atoms with E-state index >= 15 is 0 Å². The molecule has 7 heteroatoms. The SMILES string of the molecule is COc1ccc(C(=O)CNC(=O)C2CC(=O)N(CCCN(C)C)C2)cc1. The Morgan fingerprint density at radius 2 is 1.96 bits per heavy atom. The Balaban J connectivity index is 1.78. The first kappa shape index (κ1) is 19.9. The van der Waals surface area contributed by atoms with E-state index in [1.165, 1.54) is 0 Å². The largest absolute Gasteiger partial charge is 0.497 e. The lowest BCUT2D eigenvalue weighted by Crippen LogP contribution is -2.36. The number of benzene rings is 1. The van der Waals surface area contributed by atoms with Gasteiger partial charge < -0.3 is 19.9 Å². The zero-order valence-corrected chi connectivity index (χ0v) is 15.7. The minimum atomic E-state index is -0.384. The number of rotatable bonds is 9. The highest BCUT2D eigenvalue weighted by Crippen LogP contribution is 2.18. The summed E-state index contributed by atoms with van der Waals surface area (Å²) in [5.41, 5.74) is 0.513. The standard InChI is InChI=1S/C19H27N3O4/c1-21(2)9-4-10-22-13-15(11-18(22)24)19(25)20-12-17(23)14-5-7-16(26-3)8-6-14/h5-8,15H,4,9-13H2,1-3H3,(H,20,25). The zero-order valence-electron chi connectivity index (χ0n) is 15.7. The fourth-order valence-corrected chi connectivity index (χ4v) is 2.93. The van der Waals surface area contributed by atoms with Crippen LogP contribution in [0.4, 0.5) is 0 Å². The molecule has 26 heavy (non-hydrogen) atoms. The second kappa shape index (κ2) is 9.33. The molecule has 2 amide bonds. The topological polar surface area (TPSA) is 78.9 Å². The van der Waals surface area contributed by atoms with Gasteiger partial charge in [-0.3, -0.25) is 14.4 Å². The highest BCUT2D eigenvalue weighted by atomic mass is 16.5. The molecule has 2 rings (SSSR count). The fraction of sp³-hybridized carbons (Fsp3) is 0.526. The number of ketones is 1. The molecule has 142 valence electrons. The average molecular weight is 361 g/mol. The molecule has 1 unspecified atom stereocenters. The molecular formula is C19H27N3O4. The first-order valence-corrected chi connectivity index (χ1v) is 8.78. The number of methoxy groups -OCH3 is 1. The molecule has 1 N–H and O–H groups in total. The molecule has 0 bridgehead atoms. The van der Waals surface area contributed by atoms with Gasteiger partial charge in [-0.05, 0) is 51.3 Å². The van der Waals surface area contributed by atoms with E-state index in [0.717, 1.165) is 13.0 Å². The molecule has 0 radical (unpaired) electrons. The van der Waals surface area contributed by atoms with Gasteiger partial charge in [0.25, 0.3) is 0 Å². The van der Waals surface area contributed by atoms with Crippen molar-refractivity contribution in [1.29, 1.82) is 0 Å². The Morgan fingerprint density at radius 3 is 2.58 bits per heavy atom. The number of hydrogen-bond acceptors (Lipinski definition) is 5. The molecule has 1 aromatic carbocycles. The van der Waals surface area contributed by atoms with Gasteiger partial charge in [-0.15, -0.1) is 0 Å². The van der Waals surface area contributed by atoms with Crippen LogP contribution >= 0.6 is 0 Å². The molecule has 1 fully saturated rings. The van der Waals surface area contributed by atoms with E-state index in [0.29, 0.717) is 24.4 Å². The van der Waals surface area contributed by atoms with Gasteiger partial charge in [0.15, 0.2) is 5.78 Å². The third-order valence-corrected chi connectivity index (χ3v) is 4.45. The molecule has 0 aliphatic carbocycles. The maximum absolute atomic E-state index is 12.3. The van der Waals surface area contributed by atoms with Gasteiger partial charge in [0.1, 0.15) is 5.75 Å². The number of hydrogen-bond donors (Lipinski definition) is 1. The molecule has 1 atom stereocenters. The summed E-state index contributed by atoms with van der Waals surface area (Å²) in [5.74, 6) is -0.121. The molecule has 1 saturated heterocycles. The van der Waals surface area contributed by atoms with E-state index in [1.807, 2.05) is 14.1 Å². The molecule has 0 spiro atoms. The van der Waals surface area contributed by atoms with Crippen molar-refractivity contribution in [2.75, 3.05) is 47.4 Å². The Morgan fingerprint density at radius 1 is 1.27 bits per heavy atom. The van der Waals surface area contributed by atoms with Gasteiger partial charge in [-0.2, -0.15) is 0 Å². The minimum absolute atomic E-state index is 0.00499. The summed E-state index contributed by atoms with van der Waals surface area (Å²) in [6, 6.07) is 6.74. The summed E-state index contributed by atoms with van der Waals surface area (Å²) in [5, 5.41) is 2.66. The summed E-state index contributed by atoms with van der Waals surface area (Å²) in [6.45, 7) is 1.91. The van der Waals surface area contributed by atoms with Gasteiger partial charge in [-0.1, -0.05) is 0 Å². The number of nitrogens with one attached hydrogen (secondary N) is 1. The first-order valence-electron chi connectivity index (χ1n) is 8.78. The Labute approximate surface area is 154 Å². The second-order valence-electron chi connectivity index (χ2n) is 6.77. The van der Waals surface area contributed by atoms with E-state index in [-0.39, 0.29) is 36.5 Å². The molecule has 1 aromatic rings. The normalized spacial score (nSPS) is 16.8. The summed E-state index contributed by atoms with van der Waals surface area (Å²) in [7, 11) is 5.54. The number of Topliss-reactive ketones (excluding diaryl/α,β-unsaturated/α-hetero) is 1. The van der Waals surface area contributed by atoms with Gasteiger partial charge >= 0.3 is 0 Å². The average Bonchev–Trinajstić information content (AvgIpc) is 3.00. The highest BCUT2D eigenvalue weighted by molar-refractivity contribution is 6.00. The monoisotopic (exact) mass is 361 g/mol. The summed E-state index contributed by atoms with van der Waals surface area (Å²) < 4.78 is 5.06. The van der Waals surface area contributed by atoms with Crippen molar-refractivity contribution in [1.82, 2.24) is 15.1 Å². The molecule has 7 nitrogen and oxygen atoms in total. The van der Waals surface area contributed by atoms with E-state index in [4.69, 9.17) is 4.74 Å². The van der Waals surface area contributed by atoms with Crippen LogP contribution in [0, 0.1) is 5.92 Å².